The van der Waals surface area contributed by atoms with Crippen LogP contribution in [0.3, 0.4) is 0 Å². The van der Waals surface area contributed by atoms with Crippen molar-refractivity contribution in [3.8, 4) is 0 Å². The molecule has 2 atom stereocenters. The maximum Gasteiger partial charge on any atom is 0.228 e. The number of hydrogen-bond donors (Lipinski definition) is 1. The third kappa shape index (κ3) is 2.90. The smallest absolute Gasteiger partial charge is 0.228 e. The normalized spacial score (nSPS) is 27.6. The molecule has 0 bridgehead atoms. The van der Waals surface area contributed by atoms with Crippen molar-refractivity contribution in [2.24, 2.45) is 5.92 Å². The van der Waals surface area contributed by atoms with E-state index in [-0.39, 0.29) is 11.8 Å². The summed E-state index contributed by atoms with van der Waals surface area (Å²) in [5.74, 6) is 0.932. The number of carbonyl (C=O) groups excluding carboxylic acids is 1. The van der Waals surface area contributed by atoms with Gasteiger partial charge in [0.25, 0.3) is 0 Å². The van der Waals surface area contributed by atoms with Crippen molar-refractivity contribution in [3.63, 3.8) is 0 Å². The minimum absolute atomic E-state index is 0.215. The molecule has 5 nitrogen and oxygen atoms in total. The highest BCUT2D eigenvalue weighted by molar-refractivity contribution is 5.99. The highest BCUT2D eigenvalue weighted by atomic mass is 16.2. The minimum atomic E-state index is 0.215. The van der Waals surface area contributed by atoms with Crippen LogP contribution in [0.1, 0.15) is 23.5 Å². The van der Waals surface area contributed by atoms with Crippen molar-refractivity contribution in [3.05, 3.63) is 53.4 Å². The molecular formula is C21H26N4O. The van der Waals surface area contributed by atoms with Crippen LogP contribution in [-0.2, 0) is 11.3 Å². The molecule has 26 heavy (non-hydrogen) atoms. The van der Waals surface area contributed by atoms with Crippen molar-refractivity contribution in [1.29, 1.82) is 0 Å². The second kappa shape index (κ2) is 6.16. The molecule has 1 saturated heterocycles. The van der Waals surface area contributed by atoms with Gasteiger partial charge in [0.2, 0.25) is 5.91 Å². The molecule has 1 aromatic carbocycles. The third-order valence-electron chi connectivity index (χ3n) is 6.08. The Morgan fingerprint density at radius 1 is 1.15 bits per heavy atom. The fourth-order valence-electron chi connectivity index (χ4n) is 4.46. The van der Waals surface area contributed by atoms with E-state index in [1.54, 1.807) is 0 Å². The largest absolute Gasteiger partial charge is 0.375 e. The predicted molar refractivity (Wildman–Crippen MR) is 103 cm³/mol. The summed E-state index contributed by atoms with van der Waals surface area (Å²) in [6, 6.07) is 6.67. The quantitative estimate of drug-likeness (QED) is 0.907. The van der Waals surface area contributed by atoms with Gasteiger partial charge in [-0.3, -0.25) is 9.69 Å². The number of fused-ring (bicyclic) bond motifs is 3. The Hall–Kier alpha value is -2.27. The molecule has 3 aliphatic heterocycles. The van der Waals surface area contributed by atoms with Crippen LogP contribution < -0.4 is 5.32 Å². The summed E-state index contributed by atoms with van der Waals surface area (Å²) in [5, 5.41) is 3.10. The molecule has 5 rings (SSSR count). The Balaban J connectivity index is 1.21. The maximum atomic E-state index is 12.0. The molecular weight excluding hydrogens is 324 g/mol. The molecule has 3 heterocycles. The number of nitrogens with zero attached hydrogens (tertiary/aromatic N) is 3. The second-order valence-corrected chi connectivity index (χ2v) is 8.02. The van der Waals surface area contributed by atoms with Gasteiger partial charge < -0.3 is 15.1 Å². The van der Waals surface area contributed by atoms with E-state index in [2.05, 4.69) is 63.6 Å². The Kier molecular flexibility index (Phi) is 3.78. The van der Waals surface area contributed by atoms with Crippen LogP contribution in [0.25, 0.3) is 0 Å². The summed E-state index contributed by atoms with van der Waals surface area (Å²) in [6.45, 7) is 6.23. The van der Waals surface area contributed by atoms with Crippen molar-refractivity contribution in [2.45, 2.75) is 18.9 Å². The van der Waals surface area contributed by atoms with E-state index in [0.717, 1.165) is 51.4 Å². The van der Waals surface area contributed by atoms with E-state index < -0.39 is 0 Å². The molecule has 1 aromatic rings. The lowest BCUT2D eigenvalue weighted by Crippen LogP contribution is -2.45. The molecule has 0 aromatic heterocycles. The lowest BCUT2D eigenvalue weighted by molar-refractivity contribution is -0.117. The summed E-state index contributed by atoms with van der Waals surface area (Å²) in [5.41, 5.74) is 5.01. The molecule has 0 spiro atoms. The molecule has 4 aliphatic rings. The summed E-state index contributed by atoms with van der Waals surface area (Å²) in [4.78, 5) is 19.2. The Bertz CT molecular complexity index is 791. The molecule has 2 fully saturated rings. The van der Waals surface area contributed by atoms with E-state index in [0.29, 0.717) is 5.92 Å². The zero-order valence-corrected chi connectivity index (χ0v) is 15.3. The minimum Gasteiger partial charge on any atom is -0.375 e. The van der Waals surface area contributed by atoms with Crippen molar-refractivity contribution in [1.82, 2.24) is 14.7 Å². The van der Waals surface area contributed by atoms with Crippen LogP contribution in [0.15, 0.2) is 42.2 Å². The number of anilines is 1. The average molecular weight is 350 g/mol. The van der Waals surface area contributed by atoms with Crippen molar-refractivity contribution in [2.75, 3.05) is 45.1 Å². The van der Waals surface area contributed by atoms with E-state index in [1.807, 2.05) is 0 Å². The standard InChI is InChI=1S/C21H26N4O/c1-23-6-2-3-16(14-23)25-9-7-24(8-10-25)13-15-4-5-17-18-12-19(18)21(26)22-20(17)11-15/h2-5,11,14,18-19H,6-10,12-13H2,1H3,(H,22,26). The first-order chi connectivity index (χ1) is 12.7. The van der Waals surface area contributed by atoms with Gasteiger partial charge in [0.05, 0.1) is 5.70 Å². The van der Waals surface area contributed by atoms with Crippen LogP contribution in [0, 0.1) is 5.92 Å². The Morgan fingerprint density at radius 2 is 2.00 bits per heavy atom. The Labute approximate surface area is 154 Å². The average Bonchev–Trinajstić information content (AvgIpc) is 3.44. The zero-order chi connectivity index (χ0) is 17.7. The van der Waals surface area contributed by atoms with Gasteiger partial charge >= 0.3 is 0 Å². The van der Waals surface area contributed by atoms with Crippen LogP contribution in [-0.4, -0.2) is 60.4 Å². The fourth-order valence-corrected chi connectivity index (χ4v) is 4.46. The topological polar surface area (TPSA) is 38.8 Å². The van der Waals surface area contributed by atoms with Crippen molar-refractivity contribution >= 4 is 11.6 Å². The highest BCUT2D eigenvalue weighted by Crippen LogP contribution is 2.53. The molecule has 0 radical (unpaired) electrons. The summed E-state index contributed by atoms with van der Waals surface area (Å²) >= 11 is 0. The number of hydrogen-bond acceptors (Lipinski definition) is 4. The Morgan fingerprint density at radius 3 is 2.81 bits per heavy atom. The van der Waals surface area contributed by atoms with E-state index in [9.17, 15) is 4.79 Å². The van der Waals surface area contributed by atoms with Crippen LogP contribution >= 0.6 is 0 Å². The van der Waals surface area contributed by atoms with Gasteiger partial charge in [0, 0.05) is 64.1 Å². The number of piperazine rings is 1. The van der Waals surface area contributed by atoms with E-state index in [1.165, 1.54) is 16.8 Å². The first kappa shape index (κ1) is 15.9. The summed E-state index contributed by atoms with van der Waals surface area (Å²) in [7, 11) is 2.12. The molecule has 1 saturated carbocycles. The molecule has 5 heteroatoms. The van der Waals surface area contributed by atoms with Crippen LogP contribution in [0.4, 0.5) is 5.69 Å². The highest BCUT2D eigenvalue weighted by Gasteiger charge is 2.48. The monoisotopic (exact) mass is 350 g/mol. The first-order valence-electron chi connectivity index (χ1n) is 9.67. The molecule has 1 N–H and O–H groups in total. The fraction of sp³-hybridized carbons (Fsp3) is 0.476. The van der Waals surface area contributed by atoms with Gasteiger partial charge in [-0.25, -0.2) is 0 Å². The van der Waals surface area contributed by atoms with Gasteiger partial charge in [0.15, 0.2) is 0 Å². The summed E-state index contributed by atoms with van der Waals surface area (Å²) in [6.07, 6.45) is 7.74. The molecule has 1 amide bonds. The second-order valence-electron chi connectivity index (χ2n) is 8.02. The van der Waals surface area contributed by atoms with E-state index >= 15 is 0 Å². The van der Waals surface area contributed by atoms with Gasteiger partial charge in [-0.2, -0.15) is 0 Å². The van der Waals surface area contributed by atoms with E-state index in [4.69, 9.17) is 0 Å². The SMILES string of the molecule is CN1C=C(N2CCN(Cc3ccc4c(c3)NC(=O)C3CC43)CC2)C=CC1. The number of likely N-dealkylation sites (N-methyl/N-ethyl adjacent to an activating group) is 1. The maximum absolute atomic E-state index is 12.0. The van der Waals surface area contributed by atoms with Gasteiger partial charge in [-0.05, 0) is 35.6 Å². The lowest BCUT2D eigenvalue weighted by Gasteiger charge is -2.38. The summed E-state index contributed by atoms with van der Waals surface area (Å²) < 4.78 is 0. The van der Waals surface area contributed by atoms with Gasteiger partial charge in [0.1, 0.15) is 0 Å². The van der Waals surface area contributed by atoms with Gasteiger partial charge in [-0.1, -0.05) is 18.2 Å². The number of amides is 1. The lowest BCUT2D eigenvalue weighted by atomic mass is 10.00. The third-order valence-corrected chi connectivity index (χ3v) is 6.08. The van der Waals surface area contributed by atoms with Gasteiger partial charge in [-0.15, -0.1) is 0 Å². The van der Waals surface area contributed by atoms with Crippen LogP contribution in [0.5, 0.6) is 0 Å². The number of carbonyl (C=O) groups is 1. The number of benzene rings is 1. The molecule has 2 unspecified atom stereocenters. The number of rotatable bonds is 3. The molecule has 136 valence electrons. The van der Waals surface area contributed by atoms with Crippen molar-refractivity contribution < 1.29 is 4.79 Å². The zero-order valence-electron chi connectivity index (χ0n) is 15.3. The number of allylic oxidation sites excluding steroid dienone is 1. The number of nitrogens with one attached hydrogen (secondary N) is 1. The van der Waals surface area contributed by atoms with Crippen LogP contribution in [0.2, 0.25) is 0 Å². The molecule has 1 aliphatic carbocycles. The first-order valence-corrected chi connectivity index (χ1v) is 9.67. The predicted octanol–water partition coefficient (Wildman–Crippen LogP) is 2.20.